The number of nitrogens with zero attached hydrogens (tertiary/aromatic N) is 1. The number of halogens is 2. The van der Waals surface area contributed by atoms with Crippen molar-refractivity contribution in [3.63, 3.8) is 0 Å². The minimum Gasteiger partial charge on any atom is -0.476 e. The van der Waals surface area contributed by atoms with Crippen molar-refractivity contribution in [2.75, 3.05) is 12.3 Å². The van der Waals surface area contributed by atoms with Crippen molar-refractivity contribution < 1.29 is 13.9 Å². The zero-order chi connectivity index (χ0) is 15.4. The quantitative estimate of drug-likeness (QED) is 0.864. The van der Waals surface area contributed by atoms with E-state index in [1.165, 1.54) is 12.1 Å². The van der Waals surface area contributed by atoms with E-state index >= 15 is 0 Å². The molecule has 0 bridgehead atoms. The summed E-state index contributed by atoms with van der Waals surface area (Å²) >= 11 is 3.19. The number of aromatic nitrogens is 1. The second-order valence-electron chi connectivity index (χ2n) is 4.93. The predicted octanol–water partition coefficient (Wildman–Crippen LogP) is 4.39. The normalized spacial score (nSPS) is 10.7. The first-order chi connectivity index (χ1) is 9.95. The van der Waals surface area contributed by atoms with Crippen LogP contribution in [0.2, 0.25) is 0 Å². The van der Waals surface area contributed by atoms with Crippen LogP contribution in [0.5, 0.6) is 17.5 Å². The van der Waals surface area contributed by atoms with E-state index in [1.807, 2.05) is 13.8 Å². The topological polar surface area (TPSA) is 57.4 Å². The third-order valence-electron chi connectivity index (χ3n) is 2.53. The number of anilines is 1. The molecule has 112 valence electrons. The Kier molecular flexibility index (Phi) is 5.01. The standard InChI is InChI=1S/C15H16BrFN2O2/c1-9(2)8-20-15-12(18)4-6-14(19-15)21-13-5-3-10(16)7-11(13)17/h3-7,9H,8,18H2,1-2H3. The van der Waals surface area contributed by atoms with E-state index in [-0.39, 0.29) is 11.6 Å². The van der Waals surface area contributed by atoms with E-state index in [2.05, 4.69) is 20.9 Å². The van der Waals surface area contributed by atoms with Crippen molar-refractivity contribution in [1.29, 1.82) is 0 Å². The summed E-state index contributed by atoms with van der Waals surface area (Å²) in [5.41, 5.74) is 6.21. The highest BCUT2D eigenvalue weighted by Crippen LogP contribution is 2.29. The van der Waals surface area contributed by atoms with Gasteiger partial charge in [0.25, 0.3) is 0 Å². The number of ether oxygens (including phenoxy) is 2. The fraction of sp³-hybridized carbons (Fsp3) is 0.267. The molecule has 0 unspecified atom stereocenters. The Bertz CT molecular complexity index is 635. The Labute approximate surface area is 131 Å². The third-order valence-corrected chi connectivity index (χ3v) is 3.02. The average Bonchev–Trinajstić information content (AvgIpc) is 2.42. The first kappa shape index (κ1) is 15.6. The van der Waals surface area contributed by atoms with Crippen LogP contribution in [0.15, 0.2) is 34.8 Å². The Balaban J connectivity index is 2.18. The molecular weight excluding hydrogens is 339 g/mol. The van der Waals surface area contributed by atoms with E-state index in [9.17, 15) is 4.39 Å². The fourth-order valence-electron chi connectivity index (χ4n) is 1.52. The minimum atomic E-state index is -0.479. The van der Waals surface area contributed by atoms with E-state index in [1.54, 1.807) is 18.2 Å². The number of rotatable bonds is 5. The lowest BCUT2D eigenvalue weighted by atomic mass is 10.2. The predicted molar refractivity (Wildman–Crippen MR) is 83.2 cm³/mol. The largest absolute Gasteiger partial charge is 0.476 e. The lowest BCUT2D eigenvalue weighted by molar-refractivity contribution is 0.260. The molecule has 0 aliphatic rings. The summed E-state index contributed by atoms with van der Waals surface area (Å²) in [5, 5.41) is 0. The van der Waals surface area contributed by atoms with Gasteiger partial charge in [-0.2, -0.15) is 4.98 Å². The Hall–Kier alpha value is -1.82. The molecule has 21 heavy (non-hydrogen) atoms. The fourth-order valence-corrected chi connectivity index (χ4v) is 1.86. The van der Waals surface area contributed by atoms with E-state index in [0.29, 0.717) is 28.6 Å². The van der Waals surface area contributed by atoms with Gasteiger partial charge in [-0.15, -0.1) is 0 Å². The molecule has 0 amide bonds. The maximum absolute atomic E-state index is 13.7. The number of benzene rings is 1. The summed E-state index contributed by atoms with van der Waals surface area (Å²) < 4.78 is 25.3. The highest BCUT2D eigenvalue weighted by Gasteiger charge is 2.10. The molecule has 1 aromatic heterocycles. The summed E-state index contributed by atoms with van der Waals surface area (Å²) in [6.45, 7) is 4.54. The number of hydrogen-bond donors (Lipinski definition) is 1. The maximum atomic E-state index is 13.7. The van der Waals surface area contributed by atoms with Gasteiger partial charge in [0.2, 0.25) is 11.8 Å². The molecule has 6 heteroatoms. The van der Waals surface area contributed by atoms with Gasteiger partial charge in [-0.3, -0.25) is 0 Å². The first-order valence-electron chi connectivity index (χ1n) is 6.48. The van der Waals surface area contributed by atoms with E-state index in [0.717, 1.165) is 0 Å². The molecular formula is C15H16BrFN2O2. The van der Waals surface area contributed by atoms with Gasteiger partial charge >= 0.3 is 0 Å². The van der Waals surface area contributed by atoms with Crippen molar-refractivity contribution in [1.82, 2.24) is 4.98 Å². The van der Waals surface area contributed by atoms with Gasteiger partial charge in [0.05, 0.1) is 12.3 Å². The van der Waals surface area contributed by atoms with Gasteiger partial charge < -0.3 is 15.2 Å². The Morgan fingerprint density at radius 2 is 2.05 bits per heavy atom. The lowest BCUT2D eigenvalue weighted by Gasteiger charge is -2.12. The number of nitrogen functional groups attached to an aromatic ring is 1. The highest BCUT2D eigenvalue weighted by atomic mass is 79.9. The summed E-state index contributed by atoms with van der Waals surface area (Å²) in [6.07, 6.45) is 0. The van der Waals surface area contributed by atoms with Crippen LogP contribution < -0.4 is 15.2 Å². The summed E-state index contributed by atoms with van der Waals surface area (Å²) in [5.74, 6) is 0.473. The SMILES string of the molecule is CC(C)COc1nc(Oc2ccc(Br)cc2F)ccc1N. The highest BCUT2D eigenvalue weighted by molar-refractivity contribution is 9.10. The van der Waals surface area contributed by atoms with Crippen LogP contribution in [-0.2, 0) is 0 Å². The molecule has 2 aromatic rings. The monoisotopic (exact) mass is 354 g/mol. The van der Waals surface area contributed by atoms with Gasteiger partial charge in [0.1, 0.15) is 0 Å². The first-order valence-corrected chi connectivity index (χ1v) is 7.27. The molecule has 1 heterocycles. The smallest absolute Gasteiger partial charge is 0.240 e. The lowest BCUT2D eigenvalue weighted by Crippen LogP contribution is -2.07. The van der Waals surface area contributed by atoms with Crippen molar-refractivity contribution in [3.8, 4) is 17.5 Å². The zero-order valence-corrected chi connectivity index (χ0v) is 13.4. The van der Waals surface area contributed by atoms with Gasteiger partial charge in [0.15, 0.2) is 11.6 Å². The van der Waals surface area contributed by atoms with Crippen molar-refractivity contribution >= 4 is 21.6 Å². The van der Waals surface area contributed by atoms with Crippen LogP contribution in [0.1, 0.15) is 13.8 Å². The molecule has 0 spiro atoms. The maximum Gasteiger partial charge on any atom is 0.240 e. The molecule has 4 nitrogen and oxygen atoms in total. The Morgan fingerprint density at radius 3 is 2.71 bits per heavy atom. The van der Waals surface area contributed by atoms with Gasteiger partial charge in [-0.05, 0) is 30.2 Å². The van der Waals surface area contributed by atoms with Crippen LogP contribution >= 0.6 is 15.9 Å². The molecule has 2 N–H and O–H groups in total. The molecule has 0 radical (unpaired) electrons. The molecule has 0 fully saturated rings. The van der Waals surface area contributed by atoms with E-state index < -0.39 is 5.82 Å². The summed E-state index contributed by atoms with van der Waals surface area (Å²) in [7, 11) is 0. The molecule has 1 aromatic carbocycles. The number of pyridine rings is 1. The second kappa shape index (κ2) is 6.76. The molecule has 0 saturated heterocycles. The van der Waals surface area contributed by atoms with Crippen LogP contribution in [0.3, 0.4) is 0 Å². The molecule has 0 aliphatic carbocycles. The average molecular weight is 355 g/mol. The number of hydrogen-bond acceptors (Lipinski definition) is 4. The minimum absolute atomic E-state index is 0.0882. The van der Waals surface area contributed by atoms with Crippen LogP contribution in [0.25, 0.3) is 0 Å². The summed E-state index contributed by atoms with van der Waals surface area (Å²) in [4.78, 5) is 4.16. The second-order valence-corrected chi connectivity index (χ2v) is 5.84. The van der Waals surface area contributed by atoms with Gasteiger partial charge in [-0.25, -0.2) is 4.39 Å². The van der Waals surface area contributed by atoms with Gasteiger partial charge in [-0.1, -0.05) is 29.8 Å². The van der Waals surface area contributed by atoms with Crippen LogP contribution in [-0.4, -0.2) is 11.6 Å². The Morgan fingerprint density at radius 1 is 1.29 bits per heavy atom. The summed E-state index contributed by atoms with van der Waals surface area (Å²) in [6, 6.07) is 7.72. The van der Waals surface area contributed by atoms with Crippen LogP contribution in [0.4, 0.5) is 10.1 Å². The molecule has 0 aliphatic heterocycles. The number of nitrogens with two attached hydrogens (primary N) is 1. The van der Waals surface area contributed by atoms with Crippen LogP contribution in [0, 0.1) is 11.7 Å². The van der Waals surface area contributed by atoms with Crippen molar-refractivity contribution in [2.45, 2.75) is 13.8 Å². The molecule has 2 rings (SSSR count). The molecule has 0 saturated carbocycles. The third kappa shape index (κ3) is 4.32. The van der Waals surface area contributed by atoms with E-state index in [4.69, 9.17) is 15.2 Å². The zero-order valence-electron chi connectivity index (χ0n) is 11.8. The van der Waals surface area contributed by atoms with Crippen molar-refractivity contribution in [3.05, 3.63) is 40.6 Å². The molecule has 0 atom stereocenters. The van der Waals surface area contributed by atoms with Crippen molar-refractivity contribution in [2.24, 2.45) is 5.92 Å². The van der Waals surface area contributed by atoms with Gasteiger partial charge in [0, 0.05) is 10.5 Å².